The van der Waals surface area contributed by atoms with Crippen LogP contribution in [0.4, 0.5) is 5.82 Å². The quantitative estimate of drug-likeness (QED) is 0.488. The summed E-state index contributed by atoms with van der Waals surface area (Å²) in [5.74, 6) is 0.576. The molecule has 0 atom stereocenters. The van der Waals surface area contributed by atoms with Crippen molar-refractivity contribution < 1.29 is 0 Å². The molecule has 5 N–H and O–H groups in total. The van der Waals surface area contributed by atoms with Crippen LogP contribution in [-0.2, 0) is 5.54 Å². The van der Waals surface area contributed by atoms with Gasteiger partial charge in [-0.05, 0) is 27.2 Å². The minimum Gasteiger partial charge on any atom is -0.388 e. The molecular weight excluding hydrogens is 314 g/mol. The molecule has 2 heterocycles. The molecule has 130 valence electrons. The molecule has 7 heteroatoms. The number of anilines is 1. The summed E-state index contributed by atoms with van der Waals surface area (Å²) in [6, 6.07) is 8.13. The number of nitrogen functional groups attached to an aromatic ring is 1. The van der Waals surface area contributed by atoms with Crippen molar-refractivity contribution >= 4 is 22.7 Å². The molecule has 2 aromatic heterocycles. The van der Waals surface area contributed by atoms with E-state index in [0.717, 1.165) is 16.6 Å². The van der Waals surface area contributed by atoms with Crippen molar-refractivity contribution in [3.63, 3.8) is 0 Å². The molecule has 0 aliphatic carbocycles. The van der Waals surface area contributed by atoms with Gasteiger partial charge in [-0.15, -0.1) is 0 Å². The number of nitrogens with two attached hydrogens (primary N) is 2. The predicted molar refractivity (Wildman–Crippen MR) is 100 cm³/mol. The highest BCUT2D eigenvalue weighted by Crippen LogP contribution is 2.34. The number of benzene rings is 1. The Morgan fingerprint density at radius 1 is 1.20 bits per heavy atom. The molecular formula is C18H23N7. The minimum atomic E-state index is -0.367. The molecule has 1 aromatic carbocycles. The fraction of sp³-hybridized carbons (Fsp3) is 0.333. The van der Waals surface area contributed by atoms with E-state index in [-0.39, 0.29) is 11.4 Å². The Bertz CT molecular complexity index is 922. The Morgan fingerprint density at radius 3 is 2.52 bits per heavy atom. The molecule has 25 heavy (non-hydrogen) atoms. The van der Waals surface area contributed by atoms with Crippen LogP contribution in [-0.4, -0.2) is 25.6 Å². The Hall–Kier alpha value is -2.96. The van der Waals surface area contributed by atoms with Gasteiger partial charge in [0.2, 0.25) is 0 Å². The van der Waals surface area contributed by atoms with Gasteiger partial charge in [0.15, 0.2) is 5.65 Å². The van der Waals surface area contributed by atoms with Gasteiger partial charge in [-0.2, -0.15) is 5.10 Å². The van der Waals surface area contributed by atoms with E-state index in [2.05, 4.69) is 23.8 Å². The monoisotopic (exact) mass is 337 g/mol. The highest BCUT2D eigenvalue weighted by molar-refractivity contribution is 5.98. The third-order valence-electron chi connectivity index (χ3n) is 4.40. The third kappa shape index (κ3) is 3.17. The number of nitrogens with one attached hydrogen (secondary N) is 1. The summed E-state index contributed by atoms with van der Waals surface area (Å²) in [5, 5.41) is 13.1. The van der Waals surface area contributed by atoms with Crippen molar-refractivity contribution in [3.8, 4) is 11.3 Å². The standard InChI is InChI=1S/C18H23N7/c1-11-4-6-12(7-5-11)15-14-16(21)22-10-23-17(14)25(24-15)18(2,3)9-8-13(19)20/h4-7,10H,8-9H2,1-3H3,(H3,19,20)(H2,21,22,23). The molecule has 0 spiro atoms. The lowest BCUT2D eigenvalue weighted by Gasteiger charge is -2.25. The first-order valence-electron chi connectivity index (χ1n) is 8.19. The van der Waals surface area contributed by atoms with Crippen LogP contribution in [0.2, 0.25) is 0 Å². The summed E-state index contributed by atoms with van der Waals surface area (Å²) >= 11 is 0. The SMILES string of the molecule is Cc1ccc(-c2nn(C(C)(C)CCC(=N)N)c3ncnc(N)c23)cc1. The smallest absolute Gasteiger partial charge is 0.164 e. The van der Waals surface area contributed by atoms with Crippen molar-refractivity contribution in [1.82, 2.24) is 19.7 Å². The molecule has 3 rings (SSSR count). The molecule has 0 aliphatic heterocycles. The summed E-state index contributed by atoms with van der Waals surface area (Å²) in [6.07, 6.45) is 2.63. The fourth-order valence-electron chi connectivity index (χ4n) is 2.86. The summed E-state index contributed by atoms with van der Waals surface area (Å²) < 4.78 is 1.87. The summed E-state index contributed by atoms with van der Waals surface area (Å²) in [4.78, 5) is 8.56. The van der Waals surface area contributed by atoms with E-state index in [4.69, 9.17) is 22.0 Å². The van der Waals surface area contributed by atoms with Gasteiger partial charge < -0.3 is 11.5 Å². The second-order valence-electron chi connectivity index (χ2n) is 6.92. The lowest BCUT2D eigenvalue weighted by atomic mass is 9.98. The van der Waals surface area contributed by atoms with Crippen LogP contribution in [0.3, 0.4) is 0 Å². The number of fused-ring (bicyclic) bond motifs is 1. The molecule has 0 bridgehead atoms. The first kappa shape index (κ1) is 16.9. The molecule has 7 nitrogen and oxygen atoms in total. The molecule has 0 fully saturated rings. The van der Waals surface area contributed by atoms with Crippen LogP contribution in [0.1, 0.15) is 32.3 Å². The topological polar surface area (TPSA) is 119 Å². The Labute approximate surface area is 146 Å². The summed E-state index contributed by atoms with van der Waals surface area (Å²) in [5.41, 5.74) is 14.9. The fourth-order valence-corrected chi connectivity index (χ4v) is 2.86. The summed E-state index contributed by atoms with van der Waals surface area (Å²) in [7, 11) is 0. The number of hydrogen-bond donors (Lipinski definition) is 3. The maximum Gasteiger partial charge on any atom is 0.164 e. The number of nitrogens with zero attached hydrogens (tertiary/aromatic N) is 4. The number of aryl methyl sites for hydroxylation is 1. The van der Waals surface area contributed by atoms with Crippen LogP contribution in [0.25, 0.3) is 22.3 Å². The van der Waals surface area contributed by atoms with E-state index in [1.165, 1.54) is 11.9 Å². The van der Waals surface area contributed by atoms with Crippen molar-refractivity contribution in [2.45, 2.75) is 39.2 Å². The highest BCUT2D eigenvalue weighted by atomic mass is 15.3. The first-order valence-corrected chi connectivity index (χ1v) is 8.19. The number of hydrogen-bond acceptors (Lipinski definition) is 5. The van der Waals surface area contributed by atoms with Gasteiger partial charge in [0.25, 0.3) is 0 Å². The van der Waals surface area contributed by atoms with Gasteiger partial charge in [-0.3, -0.25) is 5.41 Å². The Balaban J connectivity index is 2.19. The van der Waals surface area contributed by atoms with Crippen molar-refractivity contribution in [1.29, 1.82) is 5.41 Å². The van der Waals surface area contributed by atoms with Gasteiger partial charge in [-0.1, -0.05) is 29.8 Å². The van der Waals surface area contributed by atoms with Gasteiger partial charge in [-0.25, -0.2) is 14.6 Å². The summed E-state index contributed by atoms with van der Waals surface area (Å²) in [6.45, 7) is 6.15. The average Bonchev–Trinajstić information content (AvgIpc) is 2.96. The van der Waals surface area contributed by atoms with Crippen molar-refractivity contribution in [2.24, 2.45) is 5.73 Å². The molecule has 0 saturated carbocycles. The van der Waals surface area contributed by atoms with E-state index in [1.54, 1.807) is 0 Å². The van der Waals surface area contributed by atoms with Gasteiger partial charge >= 0.3 is 0 Å². The number of rotatable bonds is 5. The third-order valence-corrected chi connectivity index (χ3v) is 4.40. The van der Waals surface area contributed by atoms with E-state index in [9.17, 15) is 0 Å². The number of aromatic nitrogens is 4. The molecule has 0 radical (unpaired) electrons. The highest BCUT2D eigenvalue weighted by Gasteiger charge is 2.27. The minimum absolute atomic E-state index is 0.164. The first-order chi connectivity index (χ1) is 11.8. The zero-order valence-corrected chi connectivity index (χ0v) is 14.7. The maximum absolute atomic E-state index is 7.50. The number of amidine groups is 1. The normalized spacial score (nSPS) is 11.8. The molecule has 3 aromatic rings. The molecule has 0 unspecified atom stereocenters. The largest absolute Gasteiger partial charge is 0.388 e. The Kier molecular flexibility index (Phi) is 4.16. The van der Waals surface area contributed by atoms with Gasteiger partial charge in [0, 0.05) is 12.0 Å². The second kappa shape index (κ2) is 6.16. The Morgan fingerprint density at radius 2 is 1.88 bits per heavy atom. The van der Waals surface area contributed by atoms with Crippen LogP contribution >= 0.6 is 0 Å². The lowest BCUT2D eigenvalue weighted by Crippen LogP contribution is -2.29. The van der Waals surface area contributed by atoms with Gasteiger partial charge in [0.1, 0.15) is 17.8 Å². The molecule has 0 aliphatic rings. The van der Waals surface area contributed by atoms with Crippen LogP contribution in [0.15, 0.2) is 30.6 Å². The van der Waals surface area contributed by atoms with E-state index < -0.39 is 0 Å². The average molecular weight is 337 g/mol. The van der Waals surface area contributed by atoms with E-state index in [1.807, 2.05) is 35.9 Å². The molecule has 0 amide bonds. The van der Waals surface area contributed by atoms with E-state index >= 15 is 0 Å². The lowest BCUT2D eigenvalue weighted by molar-refractivity contribution is 0.309. The van der Waals surface area contributed by atoms with Gasteiger partial charge in [0.05, 0.1) is 16.8 Å². The molecule has 0 saturated heterocycles. The van der Waals surface area contributed by atoms with Crippen molar-refractivity contribution in [3.05, 3.63) is 36.2 Å². The van der Waals surface area contributed by atoms with Crippen LogP contribution in [0.5, 0.6) is 0 Å². The van der Waals surface area contributed by atoms with Crippen molar-refractivity contribution in [2.75, 3.05) is 5.73 Å². The van der Waals surface area contributed by atoms with Crippen LogP contribution in [0, 0.1) is 12.3 Å². The maximum atomic E-state index is 7.50. The predicted octanol–water partition coefficient (Wildman–Crippen LogP) is 2.84. The van der Waals surface area contributed by atoms with E-state index in [0.29, 0.717) is 24.3 Å². The second-order valence-corrected chi connectivity index (χ2v) is 6.92. The van der Waals surface area contributed by atoms with Crippen LogP contribution < -0.4 is 11.5 Å². The zero-order valence-electron chi connectivity index (χ0n) is 14.7. The zero-order chi connectivity index (χ0) is 18.2.